The average Bonchev–Trinajstić information content (AvgIpc) is 2.04. The standard InChI is InChI=1S/C8H13N3/c1-4-7-5-6-9-10-8(7)11(2)3/h5-6H,4H2,1-3H3. The van der Waals surface area contributed by atoms with Gasteiger partial charge in [0.05, 0.1) is 6.20 Å². The number of hydrogen-bond acceptors (Lipinski definition) is 3. The molecule has 0 amide bonds. The zero-order valence-electron chi connectivity index (χ0n) is 7.20. The first-order valence-corrected chi connectivity index (χ1v) is 3.73. The van der Waals surface area contributed by atoms with Crippen molar-refractivity contribution in [1.29, 1.82) is 0 Å². The van der Waals surface area contributed by atoms with Crippen LogP contribution >= 0.6 is 0 Å². The van der Waals surface area contributed by atoms with E-state index in [2.05, 4.69) is 17.1 Å². The lowest BCUT2D eigenvalue weighted by Crippen LogP contribution is -2.13. The molecule has 0 fully saturated rings. The highest BCUT2D eigenvalue weighted by Gasteiger charge is 2.02. The summed E-state index contributed by atoms with van der Waals surface area (Å²) >= 11 is 0. The highest BCUT2D eigenvalue weighted by molar-refractivity contribution is 5.43. The van der Waals surface area contributed by atoms with Gasteiger partial charge >= 0.3 is 0 Å². The molecule has 0 aromatic carbocycles. The number of rotatable bonds is 2. The highest BCUT2D eigenvalue weighted by atomic mass is 15.2. The van der Waals surface area contributed by atoms with Gasteiger partial charge < -0.3 is 4.90 Å². The van der Waals surface area contributed by atoms with E-state index in [0.717, 1.165) is 12.2 Å². The first-order valence-electron chi connectivity index (χ1n) is 3.73. The molecule has 1 rings (SSSR count). The van der Waals surface area contributed by atoms with Crippen LogP contribution in [0.3, 0.4) is 0 Å². The number of anilines is 1. The number of aromatic nitrogens is 2. The van der Waals surface area contributed by atoms with Gasteiger partial charge in [-0.25, -0.2) is 0 Å². The first-order chi connectivity index (χ1) is 5.25. The quantitative estimate of drug-likeness (QED) is 0.634. The molecule has 0 atom stereocenters. The maximum Gasteiger partial charge on any atom is 0.153 e. The van der Waals surface area contributed by atoms with Gasteiger partial charge in [-0.2, -0.15) is 5.10 Å². The molecule has 11 heavy (non-hydrogen) atoms. The summed E-state index contributed by atoms with van der Waals surface area (Å²) in [5.74, 6) is 0.968. The second kappa shape index (κ2) is 3.32. The van der Waals surface area contributed by atoms with Gasteiger partial charge in [-0.1, -0.05) is 6.92 Å². The van der Waals surface area contributed by atoms with Crippen LogP contribution in [0.5, 0.6) is 0 Å². The molecule has 0 unspecified atom stereocenters. The SMILES string of the molecule is CCc1ccnnc1N(C)C. The van der Waals surface area contributed by atoms with Crippen molar-refractivity contribution in [2.45, 2.75) is 13.3 Å². The van der Waals surface area contributed by atoms with E-state index in [9.17, 15) is 0 Å². The van der Waals surface area contributed by atoms with Gasteiger partial charge in [0.25, 0.3) is 0 Å². The van der Waals surface area contributed by atoms with Gasteiger partial charge in [0.2, 0.25) is 0 Å². The summed E-state index contributed by atoms with van der Waals surface area (Å²) in [7, 11) is 3.95. The Morgan fingerprint density at radius 2 is 2.18 bits per heavy atom. The van der Waals surface area contributed by atoms with Gasteiger partial charge in [-0.05, 0) is 18.1 Å². The van der Waals surface area contributed by atoms with Crippen molar-refractivity contribution >= 4 is 5.82 Å². The van der Waals surface area contributed by atoms with E-state index in [4.69, 9.17) is 0 Å². The Hall–Kier alpha value is -1.12. The fourth-order valence-electron chi connectivity index (χ4n) is 1.00. The van der Waals surface area contributed by atoms with E-state index in [1.54, 1.807) is 6.20 Å². The second-order valence-electron chi connectivity index (χ2n) is 2.63. The monoisotopic (exact) mass is 151 g/mol. The third kappa shape index (κ3) is 1.67. The average molecular weight is 151 g/mol. The topological polar surface area (TPSA) is 29.0 Å². The van der Waals surface area contributed by atoms with E-state index >= 15 is 0 Å². The second-order valence-corrected chi connectivity index (χ2v) is 2.63. The Morgan fingerprint density at radius 3 is 2.64 bits per heavy atom. The van der Waals surface area contributed by atoms with Crippen molar-refractivity contribution in [3.05, 3.63) is 17.8 Å². The Labute approximate surface area is 67.1 Å². The van der Waals surface area contributed by atoms with Gasteiger partial charge in [0, 0.05) is 14.1 Å². The molecule has 0 saturated carbocycles. The Bertz CT molecular complexity index is 233. The summed E-state index contributed by atoms with van der Waals surface area (Å²) in [4.78, 5) is 1.98. The van der Waals surface area contributed by atoms with Crippen LogP contribution in [0.15, 0.2) is 12.3 Å². The third-order valence-corrected chi connectivity index (χ3v) is 1.59. The molecule has 0 aliphatic heterocycles. The third-order valence-electron chi connectivity index (χ3n) is 1.59. The molecule has 3 heteroatoms. The minimum absolute atomic E-state index is 0.968. The van der Waals surface area contributed by atoms with Gasteiger partial charge in [0.1, 0.15) is 0 Å². The van der Waals surface area contributed by atoms with Crippen molar-refractivity contribution < 1.29 is 0 Å². The Morgan fingerprint density at radius 1 is 1.45 bits per heavy atom. The molecule has 0 saturated heterocycles. The molecule has 0 aliphatic rings. The summed E-state index contributed by atoms with van der Waals surface area (Å²) in [6, 6.07) is 2.00. The lowest BCUT2D eigenvalue weighted by molar-refractivity contribution is 0.927. The summed E-state index contributed by atoms with van der Waals surface area (Å²) in [6.07, 6.45) is 2.73. The van der Waals surface area contributed by atoms with Crippen LogP contribution < -0.4 is 4.90 Å². The lowest BCUT2D eigenvalue weighted by atomic mass is 10.2. The molecule has 1 aromatic rings. The van der Waals surface area contributed by atoms with Crippen LogP contribution in [0.4, 0.5) is 5.82 Å². The normalized spacial score (nSPS) is 9.73. The van der Waals surface area contributed by atoms with Gasteiger partial charge in [-0.3, -0.25) is 0 Å². The summed E-state index contributed by atoms with van der Waals surface area (Å²) in [5, 5.41) is 7.85. The molecule has 0 aliphatic carbocycles. The summed E-state index contributed by atoms with van der Waals surface area (Å²) in [6.45, 7) is 2.12. The fraction of sp³-hybridized carbons (Fsp3) is 0.500. The van der Waals surface area contributed by atoms with Crippen LogP contribution in [-0.2, 0) is 6.42 Å². The van der Waals surface area contributed by atoms with E-state index in [-0.39, 0.29) is 0 Å². The van der Waals surface area contributed by atoms with Crippen molar-refractivity contribution in [3.63, 3.8) is 0 Å². The van der Waals surface area contributed by atoms with Crippen molar-refractivity contribution in [3.8, 4) is 0 Å². The smallest absolute Gasteiger partial charge is 0.153 e. The predicted molar refractivity (Wildman–Crippen MR) is 45.7 cm³/mol. The van der Waals surface area contributed by atoms with Crippen LogP contribution in [0.1, 0.15) is 12.5 Å². The largest absolute Gasteiger partial charge is 0.361 e. The zero-order chi connectivity index (χ0) is 8.27. The minimum Gasteiger partial charge on any atom is -0.361 e. The number of aryl methyl sites for hydroxylation is 1. The Balaban J connectivity index is 3.02. The van der Waals surface area contributed by atoms with Crippen molar-refractivity contribution in [1.82, 2.24) is 10.2 Å². The van der Waals surface area contributed by atoms with Crippen LogP contribution in [-0.4, -0.2) is 24.3 Å². The van der Waals surface area contributed by atoms with Crippen molar-refractivity contribution in [2.24, 2.45) is 0 Å². The lowest BCUT2D eigenvalue weighted by Gasteiger charge is -2.13. The molecule has 0 N–H and O–H groups in total. The molecular formula is C8H13N3. The molecule has 0 spiro atoms. The van der Waals surface area contributed by atoms with Gasteiger partial charge in [0.15, 0.2) is 5.82 Å². The van der Waals surface area contributed by atoms with Gasteiger partial charge in [-0.15, -0.1) is 5.10 Å². The zero-order valence-corrected chi connectivity index (χ0v) is 7.20. The van der Waals surface area contributed by atoms with Crippen LogP contribution in [0, 0.1) is 0 Å². The first kappa shape index (κ1) is 7.98. The van der Waals surface area contributed by atoms with E-state index < -0.39 is 0 Å². The minimum atomic E-state index is 0.968. The van der Waals surface area contributed by atoms with E-state index in [0.29, 0.717) is 0 Å². The Kier molecular flexibility index (Phi) is 2.41. The number of hydrogen-bond donors (Lipinski definition) is 0. The predicted octanol–water partition coefficient (Wildman–Crippen LogP) is 1.10. The summed E-state index contributed by atoms with van der Waals surface area (Å²) < 4.78 is 0. The number of nitrogens with zero attached hydrogens (tertiary/aromatic N) is 3. The highest BCUT2D eigenvalue weighted by Crippen LogP contribution is 2.12. The molecule has 0 radical (unpaired) electrons. The molecule has 0 bridgehead atoms. The molecule has 1 aromatic heterocycles. The maximum absolute atomic E-state index is 4.02. The molecule has 1 heterocycles. The van der Waals surface area contributed by atoms with E-state index in [1.165, 1.54) is 5.56 Å². The fourth-order valence-corrected chi connectivity index (χ4v) is 1.00. The van der Waals surface area contributed by atoms with Crippen LogP contribution in [0.25, 0.3) is 0 Å². The molecular weight excluding hydrogens is 138 g/mol. The molecule has 60 valence electrons. The van der Waals surface area contributed by atoms with E-state index in [1.807, 2.05) is 25.1 Å². The summed E-state index contributed by atoms with van der Waals surface area (Å²) in [5.41, 5.74) is 1.24. The molecule has 3 nitrogen and oxygen atoms in total. The van der Waals surface area contributed by atoms with Crippen molar-refractivity contribution in [2.75, 3.05) is 19.0 Å². The maximum atomic E-state index is 4.02. The van der Waals surface area contributed by atoms with Crippen LogP contribution in [0.2, 0.25) is 0 Å².